The van der Waals surface area contributed by atoms with E-state index in [9.17, 15) is 0 Å². The van der Waals surface area contributed by atoms with Crippen LogP contribution in [0.3, 0.4) is 0 Å². The van der Waals surface area contributed by atoms with E-state index in [1.807, 2.05) is 0 Å². The number of piperazine rings is 1. The average molecular weight is 248 g/mol. The molecule has 1 aromatic carbocycles. The van der Waals surface area contributed by atoms with Crippen molar-refractivity contribution in [3.8, 4) is 0 Å². The van der Waals surface area contributed by atoms with Crippen molar-refractivity contribution in [3.63, 3.8) is 0 Å². The zero-order valence-electron chi connectivity index (χ0n) is 11.6. The van der Waals surface area contributed by atoms with Crippen LogP contribution in [0.1, 0.15) is 25.0 Å². The minimum Gasteiger partial charge on any atom is -0.380 e. The van der Waals surface area contributed by atoms with Gasteiger partial charge in [-0.25, -0.2) is 0 Å². The third-order valence-electron chi connectivity index (χ3n) is 3.69. The lowest BCUT2D eigenvalue weighted by atomic mass is 10.0. The molecule has 0 radical (unpaired) electrons. The fourth-order valence-electron chi connectivity index (χ4n) is 2.54. The second kappa shape index (κ2) is 6.32. The summed E-state index contributed by atoms with van der Waals surface area (Å²) in [7, 11) is 1.76. The van der Waals surface area contributed by atoms with Crippen molar-refractivity contribution in [3.05, 3.63) is 35.4 Å². The van der Waals surface area contributed by atoms with Gasteiger partial charge in [0, 0.05) is 38.8 Å². The molecular formula is C15H24N2O. The maximum Gasteiger partial charge on any atom is 0.0716 e. The Morgan fingerprint density at radius 1 is 1.28 bits per heavy atom. The zero-order valence-corrected chi connectivity index (χ0v) is 11.6. The van der Waals surface area contributed by atoms with Crippen LogP contribution in [-0.4, -0.2) is 37.2 Å². The lowest BCUT2D eigenvalue weighted by Crippen LogP contribution is -2.53. The Balaban J connectivity index is 2.07. The van der Waals surface area contributed by atoms with Gasteiger partial charge in [-0.05, 0) is 25.0 Å². The molecule has 100 valence electrons. The number of ether oxygens (including phenoxy) is 1. The van der Waals surface area contributed by atoms with Gasteiger partial charge in [-0.3, -0.25) is 4.90 Å². The van der Waals surface area contributed by atoms with Crippen LogP contribution in [0.15, 0.2) is 24.3 Å². The highest BCUT2D eigenvalue weighted by Gasteiger charge is 2.22. The molecule has 1 aliphatic heterocycles. The van der Waals surface area contributed by atoms with Crippen molar-refractivity contribution in [1.82, 2.24) is 10.2 Å². The average Bonchev–Trinajstić information content (AvgIpc) is 2.36. The van der Waals surface area contributed by atoms with Crippen molar-refractivity contribution in [2.75, 3.05) is 20.2 Å². The number of benzene rings is 1. The summed E-state index contributed by atoms with van der Waals surface area (Å²) in [5, 5.41) is 3.52. The van der Waals surface area contributed by atoms with Crippen LogP contribution >= 0.6 is 0 Å². The van der Waals surface area contributed by atoms with Crippen molar-refractivity contribution in [2.45, 2.75) is 39.1 Å². The maximum atomic E-state index is 5.27. The minimum absolute atomic E-state index is 0.579. The van der Waals surface area contributed by atoms with Crippen LogP contribution in [0, 0.1) is 0 Å². The normalized spacial score (nSPS) is 25.3. The summed E-state index contributed by atoms with van der Waals surface area (Å²) < 4.78 is 5.27. The van der Waals surface area contributed by atoms with Crippen molar-refractivity contribution < 1.29 is 4.74 Å². The van der Waals surface area contributed by atoms with E-state index in [1.54, 1.807) is 7.11 Å². The SMILES string of the molecule is COCc1ccccc1CN1CC(C)NCC1C. The van der Waals surface area contributed by atoms with Crippen molar-refractivity contribution in [1.29, 1.82) is 0 Å². The minimum atomic E-state index is 0.579. The van der Waals surface area contributed by atoms with Gasteiger partial charge in [-0.15, -0.1) is 0 Å². The van der Waals surface area contributed by atoms with Crippen LogP contribution in [0.5, 0.6) is 0 Å². The van der Waals surface area contributed by atoms with Crippen LogP contribution in [0.25, 0.3) is 0 Å². The first-order chi connectivity index (χ1) is 8.70. The number of rotatable bonds is 4. The fourth-order valence-corrected chi connectivity index (χ4v) is 2.54. The quantitative estimate of drug-likeness (QED) is 0.882. The van der Waals surface area contributed by atoms with Gasteiger partial charge in [0.1, 0.15) is 0 Å². The van der Waals surface area contributed by atoms with Gasteiger partial charge in [0.05, 0.1) is 6.61 Å². The molecule has 0 saturated carbocycles. The molecule has 1 fully saturated rings. The van der Waals surface area contributed by atoms with E-state index in [0.717, 1.165) is 19.6 Å². The van der Waals surface area contributed by atoms with Gasteiger partial charge >= 0.3 is 0 Å². The molecule has 3 nitrogen and oxygen atoms in total. The Bertz CT molecular complexity index is 381. The van der Waals surface area contributed by atoms with E-state index in [4.69, 9.17) is 4.74 Å². The Morgan fingerprint density at radius 3 is 2.72 bits per heavy atom. The Labute approximate surface area is 110 Å². The molecule has 1 saturated heterocycles. The summed E-state index contributed by atoms with van der Waals surface area (Å²) in [6.07, 6.45) is 0. The predicted molar refractivity (Wildman–Crippen MR) is 74.5 cm³/mol. The summed E-state index contributed by atoms with van der Waals surface area (Å²) in [4.78, 5) is 2.55. The predicted octanol–water partition coefficient (Wildman–Crippen LogP) is 2.02. The Morgan fingerprint density at radius 2 is 2.00 bits per heavy atom. The summed E-state index contributed by atoms with van der Waals surface area (Å²) in [6, 6.07) is 9.75. The first-order valence-corrected chi connectivity index (χ1v) is 6.74. The second-order valence-corrected chi connectivity index (χ2v) is 5.29. The van der Waals surface area contributed by atoms with Crippen LogP contribution in [0.2, 0.25) is 0 Å². The summed E-state index contributed by atoms with van der Waals surface area (Å²) >= 11 is 0. The van der Waals surface area contributed by atoms with Gasteiger partial charge < -0.3 is 10.1 Å². The summed E-state index contributed by atoms with van der Waals surface area (Å²) in [5.74, 6) is 0. The van der Waals surface area contributed by atoms with Crippen LogP contribution in [-0.2, 0) is 17.9 Å². The Kier molecular flexibility index (Phi) is 4.75. The van der Waals surface area contributed by atoms with Crippen molar-refractivity contribution in [2.24, 2.45) is 0 Å². The van der Waals surface area contributed by atoms with Crippen molar-refractivity contribution >= 4 is 0 Å². The lowest BCUT2D eigenvalue weighted by molar-refractivity contribution is 0.136. The first-order valence-electron chi connectivity index (χ1n) is 6.74. The van der Waals surface area contributed by atoms with Crippen LogP contribution in [0.4, 0.5) is 0 Å². The topological polar surface area (TPSA) is 24.5 Å². The molecule has 0 spiro atoms. The number of nitrogens with zero attached hydrogens (tertiary/aromatic N) is 1. The van der Waals surface area contributed by atoms with Gasteiger partial charge in [-0.2, -0.15) is 0 Å². The smallest absolute Gasteiger partial charge is 0.0716 e. The standard InChI is InChI=1S/C15H24N2O/c1-12-9-17(13(2)8-16-12)10-14-6-4-5-7-15(14)11-18-3/h4-7,12-13,16H,8-11H2,1-3H3. The highest BCUT2D eigenvalue weighted by atomic mass is 16.5. The molecule has 1 aliphatic rings. The lowest BCUT2D eigenvalue weighted by Gasteiger charge is -2.37. The van der Waals surface area contributed by atoms with E-state index in [2.05, 4.69) is 48.3 Å². The number of hydrogen-bond donors (Lipinski definition) is 1. The Hall–Kier alpha value is -0.900. The van der Waals surface area contributed by atoms with E-state index in [-0.39, 0.29) is 0 Å². The molecule has 1 heterocycles. The maximum absolute atomic E-state index is 5.27. The molecule has 0 aliphatic carbocycles. The molecule has 2 rings (SSSR count). The number of methoxy groups -OCH3 is 1. The van der Waals surface area contributed by atoms with E-state index < -0.39 is 0 Å². The molecule has 0 amide bonds. The molecule has 1 aromatic rings. The fraction of sp³-hybridized carbons (Fsp3) is 0.600. The molecule has 3 heteroatoms. The van der Waals surface area contributed by atoms with E-state index in [1.165, 1.54) is 11.1 Å². The highest BCUT2D eigenvalue weighted by molar-refractivity contribution is 5.26. The number of nitrogens with one attached hydrogen (secondary N) is 1. The molecule has 2 atom stereocenters. The third-order valence-corrected chi connectivity index (χ3v) is 3.69. The zero-order chi connectivity index (χ0) is 13.0. The molecule has 0 bridgehead atoms. The largest absolute Gasteiger partial charge is 0.380 e. The molecule has 1 N–H and O–H groups in total. The summed E-state index contributed by atoms with van der Waals surface area (Å²) in [5.41, 5.74) is 2.69. The van der Waals surface area contributed by atoms with Gasteiger partial charge in [0.15, 0.2) is 0 Å². The molecule has 18 heavy (non-hydrogen) atoms. The molecule has 2 unspecified atom stereocenters. The molecular weight excluding hydrogens is 224 g/mol. The third kappa shape index (κ3) is 3.31. The monoisotopic (exact) mass is 248 g/mol. The molecule has 0 aromatic heterocycles. The van der Waals surface area contributed by atoms with Crippen LogP contribution < -0.4 is 5.32 Å². The van der Waals surface area contributed by atoms with E-state index >= 15 is 0 Å². The number of hydrogen-bond acceptors (Lipinski definition) is 3. The van der Waals surface area contributed by atoms with Gasteiger partial charge in [0.25, 0.3) is 0 Å². The second-order valence-electron chi connectivity index (χ2n) is 5.29. The van der Waals surface area contributed by atoms with E-state index in [0.29, 0.717) is 18.7 Å². The first kappa shape index (κ1) is 13.5. The van der Waals surface area contributed by atoms with Gasteiger partial charge in [0.2, 0.25) is 0 Å². The van der Waals surface area contributed by atoms with Gasteiger partial charge in [-0.1, -0.05) is 24.3 Å². The highest BCUT2D eigenvalue weighted by Crippen LogP contribution is 2.16. The summed E-state index contributed by atoms with van der Waals surface area (Å²) in [6.45, 7) is 8.45.